The Morgan fingerprint density at radius 1 is 1.21 bits per heavy atom. The number of likely N-dealkylation sites (tertiary alicyclic amines) is 1. The summed E-state index contributed by atoms with van der Waals surface area (Å²) in [5.41, 5.74) is 0. The largest absolute Gasteiger partial charge is 0.409 e. The van der Waals surface area contributed by atoms with Crippen molar-refractivity contribution in [3.63, 3.8) is 0 Å². The molecule has 2 nitrogen and oxygen atoms in total. The van der Waals surface area contributed by atoms with Gasteiger partial charge in [-0.25, -0.2) is 0 Å². The Balaban J connectivity index is 2.88. The third-order valence-corrected chi connectivity index (χ3v) is 3.87. The summed E-state index contributed by atoms with van der Waals surface area (Å²) < 4.78 is 74.5. The highest BCUT2D eigenvalue weighted by molar-refractivity contribution is 9.09. The van der Waals surface area contributed by atoms with E-state index in [0.717, 1.165) is 0 Å². The van der Waals surface area contributed by atoms with Crippen LogP contribution in [0.5, 0.6) is 0 Å². The fraction of sp³-hybridized carbons (Fsp3) is 0.900. The first-order chi connectivity index (χ1) is 8.57. The molecule has 0 aromatic rings. The van der Waals surface area contributed by atoms with Gasteiger partial charge in [-0.2, -0.15) is 26.3 Å². The van der Waals surface area contributed by atoms with Crippen LogP contribution in [0.4, 0.5) is 26.3 Å². The molecule has 9 heteroatoms. The van der Waals surface area contributed by atoms with Crippen molar-refractivity contribution in [1.82, 2.24) is 4.90 Å². The van der Waals surface area contributed by atoms with E-state index in [1.807, 2.05) is 0 Å². The van der Waals surface area contributed by atoms with Gasteiger partial charge < -0.3 is 4.90 Å². The Morgan fingerprint density at radius 2 is 1.74 bits per heavy atom. The highest BCUT2D eigenvalue weighted by Gasteiger charge is 2.62. The van der Waals surface area contributed by atoms with Gasteiger partial charge in [-0.05, 0) is 18.8 Å². The summed E-state index contributed by atoms with van der Waals surface area (Å²) in [5, 5.41) is 0.444. The van der Waals surface area contributed by atoms with Crippen LogP contribution < -0.4 is 0 Å². The number of nitrogens with zero attached hydrogens (tertiary/aromatic N) is 1. The molecule has 0 bridgehead atoms. The minimum atomic E-state index is -5.61. The second kappa shape index (κ2) is 5.88. The third kappa shape index (κ3) is 4.25. The number of amides is 1. The van der Waals surface area contributed by atoms with Crippen LogP contribution in [0, 0.1) is 11.8 Å². The molecule has 19 heavy (non-hydrogen) atoms. The highest BCUT2D eigenvalue weighted by Crippen LogP contribution is 2.40. The van der Waals surface area contributed by atoms with Crippen LogP contribution in [0.1, 0.15) is 12.8 Å². The minimum Gasteiger partial charge on any atom is -0.342 e. The fourth-order valence-corrected chi connectivity index (χ4v) is 2.57. The van der Waals surface area contributed by atoms with Gasteiger partial charge in [0.15, 0.2) is 0 Å². The molecule has 1 atom stereocenters. The molecule has 1 unspecified atom stereocenters. The van der Waals surface area contributed by atoms with Crippen molar-refractivity contribution in [2.24, 2.45) is 11.8 Å². The van der Waals surface area contributed by atoms with Crippen LogP contribution in [0.2, 0.25) is 0 Å². The van der Waals surface area contributed by atoms with Crippen molar-refractivity contribution in [3.8, 4) is 0 Å². The van der Waals surface area contributed by atoms with Crippen molar-refractivity contribution in [2.45, 2.75) is 25.2 Å². The molecule has 1 saturated heterocycles. The van der Waals surface area contributed by atoms with Gasteiger partial charge in [-0.15, -0.1) is 0 Å². The first-order valence-electron chi connectivity index (χ1n) is 5.55. The topological polar surface area (TPSA) is 20.3 Å². The van der Waals surface area contributed by atoms with E-state index in [1.165, 1.54) is 0 Å². The number of alkyl halides is 7. The molecule has 0 aromatic heterocycles. The highest BCUT2D eigenvalue weighted by atomic mass is 79.9. The lowest BCUT2D eigenvalue weighted by atomic mass is 9.98. The van der Waals surface area contributed by atoms with Gasteiger partial charge in [-0.3, -0.25) is 4.79 Å². The lowest BCUT2D eigenvalue weighted by Gasteiger charge is -2.35. The quantitative estimate of drug-likeness (QED) is 0.549. The zero-order chi connectivity index (χ0) is 14.8. The van der Waals surface area contributed by atoms with Gasteiger partial charge in [0.25, 0.3) is 0 Å². The SMILES string of the molecule is O=C(C(C(F)(F)F)C(F)(F)F)N1CCCC(CBr)C1. The summed E-state index contributed by atoms with van der Waals surface area (Å²) in [7, 11) is 0. The summed E-state index contributed by atoms with van der Waals surface area (Å²) in [5.74, 6) is -5.93. The molecule has 1 fully saturated rings. The monoisotopic (exact) mass is 355 g/mol. The zero-order valence-corrected chi connectivity index (χ0v) is 11.3. The Morgan fingerprint density at radius 3 is 2.16 bits per heavy atom. The Labute approximate surface area is 114 Å². The van der Waals surface area contributed by atoms with Crippen LogP contribution in [-0.4, -0.2) is 41.6 Å². The Hall–Kier alpha value is -0.470. The van der Waals surface area contributed by atoms with E-state index in [9.17, 15) is 31.1 Å². The van der Waals surface area contributed by atoms with E-state index in [0.29, 0.717) is 23.1 Å². The van der Waals surface area contributed by atoms with E-state index < -0.39 is 24.2 Å². The van der Waals surface area contributed by atoms with E-state index in [-0.39, 0.29) is 19.0 Å². The minimum absolute atomic E-state index is 0.0645. The van der Waals surface area contributed by atoms with E-state index in [2.05, 4.69) is 15.9 Å². The number of halogens is 7. The number of hydrogen-bond acceptors (Lipinski definition) is 1. The Kier molecular flexibility index (Phi) is 5.14. The maximum atomic E-state index is 12.4. The molecular weight excluding hydrogens is 344 g/mol. The molecule has 1 aliphatic heterocycles. The van der Waals surface area contributed by atoms with Crippen molar-refractivity contribution >= 4 is 21.8 Å². The van der Waals surface area contributed by atoms with Crippen molar-refractivity contribution < 1.29 is 31.1 Å². The van der Waals surface area contributed by atoms with E-state index in [1.54, 1.807) is 0 Å². The summed E-state index contributed by atoms with van der Waals surface area (Å²) in [6.45, 7) is -0.141. The predicted octanol–water partition coefficient (Wildman–Crippen LogP) is 3.36. The van der Waals surface area contributed by atoms with Gasteiger partial charge in [0, 0.05) is 18.4 Å². The van der Waals surface area contributed by atoms with Gasteiger partial charge in [0.05, 0.1) is 0 Å². The first-order valence-corrected chi connectivity index (χ1v) is 6.67. The molecule has 0 aromatic carbocycles. The third-order valence-electron chi connectivity index (χ3n) is 2.95. The summed E-state index contributed by atoms with van der Waals surface area (Å²) in [4.78, 5) is 12.2. The van der Waals surface area contributed by atoms with Crippen molar-refractivity contribution in [3.05, 3.63) is 0 Å². The normalized spacial score (nSPS) is 21.9. The van der Waals surface area contributed by atoms with Crippen molar-refractivity contribution in [2.75, 3.05) is 18.4 Å². The van der Waals surface area contributed by atoms with Gasteiger partial charge in [-0.1, -0.05) is 15.9 Å². The van der Waals surface area contributed by atoms with Crippen LogP contribution in [-0.2, 0) is 4.79 Å². The summed E-state index contributed by atoms with van der Waals surface area (Å²) >= 11 is 3.12. The summed E-state index contributed by atoms with van der Waals surface area (Å²) in [6, 6.07) is 0. The van der Waals surface area contributed by atoms with Crippen molar-refractivity contribution in [1.29, 1.82) is 0 Å². The van der Waals surface area contributed by atoms with Gasteiger partial charge in [0.1, 0.15) is 0 Å². The van der Waals surface area contributed by atoms with E-state index in [4.69, 9.17) is 0 Å². The molecule has 0 N–H and O–H groups in total. The number of piperidine rings is 1. The number of hydrogen-bond donors (Lipinski definition) is 0. The van der Waals surface area contributed by atoms with Crippen LogP contribution in [0.25, 0.3) is 0 Å². The maximum absolute atomic E-state index is 12.4. The van der Waals surface area contributed by atoms with Crippen LogP contribution >= 0.6 is 15.9 Å². The second-order valence-electron chi connectivity index (χ2n) is 4.46. The molecular formula is C10H12BrF6NO. The molecule has 1 amide bonds. The lowest BCUT2D eigenvalue weighted by molar-refractivity contribution is -0.278. The van der Waals surface area contributed by atoms with Gasteiger partial charge >= 0.3 is 12.4 Å². The first kappa shape index (κ1) is 16.6. The average molecular weight is 356 g/mol. The molecule has 0 radical (unpaired) electrons. The maximum Gasteiger partial charge on any atom is 0.409 e. The lowest BCUT2D eigenvalue weighted by Crippen LogP contribution is -2.52. The molecule has 1 rings (SSSR count). The number of carbonyl (C=O) groups is 1. The Bertz CT molecular complexity index is 315. The number of carbonyl (C=O) groups excluding carboxylic acids is 1. The molecule has 1 heterocycles. The smallest absolute Gasteiger partial charge is 0.342 e. The summed E-state index contributed by atoms with van der Waals surface area (Å²) in [6.07, 6.45) is -10.1. The molecule has 112 valence electrons. The van der Waals surface area contributed by atoms with Crippen LogP contribution in [0.3, 0.4) is 0 Å². The zero-order valence-electron chi connectivity index (χ0n) is 9.69. The standard InChI is InChI=1S/C10H12BrF6NO/c11-4-6-2-1-3-18(5-6)8(19)7(9(12,13)14)10(15,16)17/h6-7H,1-5H2. The molecule has 1 aliphatic rings. The van der Waals surface area contributed by atoms with Crippen LogP contribution in [0.15, 0.2) is 0 Å². The van der Waals surface area contributed by atoms with E-state index >= 15 is 0 Å². The second-order valence-corrected chi connectivity index (χ2v) is 5.11. The fourth-order valence-electron chi connectivity index (χ4n) is 2.04. The predicted molar refractivity (Wildman–Crippen MR) is 58.7 cm³/mol. The average Bonchev–Trinajstić information content (AvgIpc) is 2.25. The molecule has 0 aliphatic carbocycles. The molecule has 0 spiro atoms. The van der Waals surface area contributed by atoms with Gasteiger partial charge in [0.2, 0.25) is 11.8 Å². The number of rotatable bonds is 2. The molecule has 0 saturated carbocycles.